The molecule has 2 aromatic carbocycles. The zero-order valence-corrected chi connectivity index (χ0v) is 16.3. The van der Waals surface area contributed by atoms with Gasteiger partial charge in [0, 0.05) is 50.3 Å². The van der Waals surface area contributed by atoms with Crippen LogP contribution in [0.2, 0.25) is 0 Å². The summed E-state index contributed by atoms with van der Waals surface area (Å²) in [6.45, 7) is 7.28. The molecular formula is C23H28N2O2. The van der Waals surface area contributed by atoms with Crippen LogP contribution in [-0.4, -0.2) is 42.8 Å². The third-order valence-electron chi connectivity index (χ3n) is 5.25. The van der Waals surface area contributed by atoms with E-state index in [0.717, 1.165) is 19.5 Å². The molecule has 2 aromatic rings. The highest BCUT2D eigenvalue weighted by Crippen LogP contribution is 2.18. The Bertz CT molecular complexity index is 790. The molecule has 1 saturated heterocycles. The number of aryl methyl sites for hydroxylation is 2. The summed E-state index contributed by atoms with van der Waals surface area (Å²) in [7, 11) is 0. The van der Waals surface area contributed by atoms with Crippen LogP contribution < -0.4 is 4.90 Å². The van der Waals surface area contributed by atoms with Crippen LogP contribution in [0.25, 0.3) is 0 Å². The fourth-order valence-electron chi connectivity index (χ4n) is 3.49. The maximum Gasteiger partial charge on any atom is 0.223 e. The zero-order valence-electron chi connectivity index (χ0n) is 16.3. The van der Waals surface area contributed by atoms with Gasteiger partial charge in [-0.2, -0.15) is 0 Å². The molecule has 0 unspecified atom stereocenters. The molecule has 0 spiro atoms. The Labute approximate surface area is 161 Å². The first-order chi connectivity index (χ1) is 13.1. The number of Topliss-reactive ketones (excluding diaryl/α,β-unsaturated/α-hetero) is 1. The average Bonchev–Trinajstić information content (AvgIpc) is 2.72. The van der Waals surface area contributed by atoms with Gasteiger partial charge in [-0.15, -0.1) is 0 Å². The van der Waals surface area contributed by atoms with Crippen molar-refractivity contribution in [2.75, 3.05) is 31.1 Å². The first-order valence-corrected chi connectivity index (χ1v) is 9.78. The molecule has 0 bridgehead atoms. The summed E-state index contributed by atoms with van der Waals surface area (Å²) in [6, 6.07) is 16.2. The van der Waals surface area contributed by atoms with E-state index in [2.05, 4.69) is 43.0 Å². The standard InChI is InChI=1S/C23H28N2O2/c1-3-19-7-9-20(10-8-19)22(26)11-12-23(27)25-15-13-24(14-16-25)21-6-4-5-18(2)17-21/h4-10,17H,3,11-16H2,1-2H3. The molecule has 27 heavy (non-hydrogen) atoms. The number of anilines is 1. The van der Waals surface area contributed by atoms with Gasteiger partial charge in [-0.3, -0.25) is 9.59 Å². The number of carbonyl (C=O) groups is 2. The minimum Gasteiger partial charge on any atom is -0.368 e. The number of piperazine rings is 1. The van der Waals surface area contributed by atoms with Crippen molar-refractivity contribution < 1.29 is 9.59 Å². The summed E-state index contributed by atoms with van der Waals surface area (Å²) in [4.78, 5) is 29.0. The van der Waals surface area contributed by atoms with E-state index in [1.54, 1.807) is 0 Å². The predicted octanol–water partition coefficient (Wildman–Crippen LogP) is 3.87. The Balaban J connectivity index is 1.47. The van der Waals surface area contributed by atoms with Gasteiger partial charge in [-0.05, 0) is 36.6 Å². The van der Waals surface area contributed by atoms with Gasteiger partial charge in [0.1, 0.15) is 0 Å². The van der Waals surface area contributed by atoms with Crippen molar-refractivity contribution in [2.45, 2.75) is 33.1 Å². The normalized spacial score (nSPS) is 14.3. The van der Waals surface area contributed by atoms with Gasteiger partial charge in [-0.25, -0.2) is 0 Å². The Morgan fingerprint density at radius 2 is 1.63 bits per heavy atom. The van der Waals surface area contributed by atoms with Crippen LogP contribution >= 0.6 is 0 Å². The van der Waals surface area contributed by atoms with Crippen LogP contribution in [0.1, 0.15) is 41.3 Å². The number of hydrogen-bond acceptors (Lipinski definition) is 3. The molecule has 0 N–H and O–H groups in total. The molecule has 0 radical (unpaired) electrons. The third kappa shape index (κ3) is 4.97. The Morgan fingerprint density at radius 1 is 0.926 bits per heavy atom. The Hall–Kier alpha value is -2.62. The van der Waals surface area contributed by atoms with E-state index in [0.29, 0.717) is 25.1 Å². The molecule has 142 valence electrons. The lowest BCUT2D eigenvalue weighted by molar-refractivity contribution is -0.131. The van der Waals surface area contributed by atoms with Gasteiger partial charge in [0.05, 0.1) is 0 Å². The van der Waals surface area contributed by atoms with Crippen molar-refractivity contribution in [2.24, 2.45) is 0 Å². The molecule has 3 rings (SSSR count). The van der Waals surface area contributed by atoms with Gasteiger partial charge < -0.3 is 9.80 Å². The number of amides is 1. The number of nitrogens with zero attached hydrogens (tertiary/aromatic N) is 2. The smallest absolute Gasteiger partial charge is 0.223 e. The lowest BCUT2D eigenvalue weighted by Crippen LogP contribution is -2.48. The summed E-state index contributed by atoms with van der Waals surface area (Å²) in [5.74, 6) is 0.127. The number of hydrogen-bond donors (Lipinski definition) is 0. The summed E-state index contributed by atoms with van der Waals surface area (Å²) in [5.41, 5.74) is 4.38. The van der Waals surface area contributed by atoms with Crippen molar-refractivity contribution in [3.63, 3.8) is 0 Å². The SMILES string of the molecule is CCc1ccc(C(=O)CCC(=O)N2CCN(c3cccc(C)c3)CC2)cc1. The maximum atomic E-state index is 12.5. The predicted molar refractivity (Wildman–Crippen MR) is 109 cm³/mol. The van der Waals surface area contributed by atoms with Gasteiger partial charge >= 0.3 is 0 Å². The highest BCUT2D eigenvalue weighted by atomic mass is 16.2. The summed E-state index contributed by atoms with van der Waals surface area (Å²) >= 11 is 0. The maximum absolute atomic E-state index is 12.5. The molecule has 1 aliphatic heterocycles. The van der Waals surface area contributed by atoms with E-state index in [1.807, 2.05) is 29.2 Å². The van der Waals surface area contributed by atoms with Crippen molar-refractivity contribution in [3.05, 3.63) is 65.2 Å². The molecule has 1 aliphatic rings. The number of benzene rings is 2. The molecule has 0 saturated carbocycles. The quantitative estimate of drug-likeness (QED) is 0.731. The minimum atomic E-state index is 0.0457. The zero-order chi connectivity index (χ0) is 19.2. The topological polar surface area (TPSA) is 40.6 Å². The van der Waals surface area contributed by atoms with E-state index in [9.17, 15) is 9.59 Å². The summed E-state index contributed by atoms with van der Waals surface area (Å²) in [5, 5.41) is 0. The van der Waals surface area contributed by atoms with Crippen LogP contribution in [0.15, 0.2) is 48.5 Å². The fourth-order valence-corrected chi connectivity index (χ4v) is 3.49. The molecule has 1 heterocycles. The summed E-state index contributed by atoms with van der Waals surface area (Å²) < 4.78 is 0. The van der Waals surface area contributed by atoms with Crippen molar-refractivity contribution in [1.29, 1.82) is 0 Å². The second kappa shape index (κ2) is 8.85. The molecule has 0 atom stereocenters. The highest BCUT2D eigenvalue weighted by Gasteiger charge is 2.22. The third-order valence-corrected chi connectivity index (χ3v) is 5.25. The number of ketones is 1. The van der Waals surface area contributed by atoms with Crippen LogP contribution in [-0.2, 0) is 11.2 Å². The monoisotopic (exact) mass is 364 g/mol. The van der Waals surface area contributed by atoms with Gasteiger partial charge in [-0.1, -0.05) is 43.3 Å². The lowest BCUT2D eigenvalue weighted by atomic mass is 10.0. The highest BCUT2D eigenvalue weighted by molar-refractivity contribution is 5.98. The molecule has 4 nitrogen and oxygen atoms in total. The van der Waals surface area contributed by atoms with Crippen molar-refractivity contribution in [3.8, 4) is 0 Å². The second-order valence-electron chi connectivity index (χ2n) is 7.18. The van der Waals surface area contributed by atoms with Crippen LogP contribution in [0.5, 0.6) is 0 Å². The lowest BCUT2D eigenvalue weighted by Gasteiger charge is -2.36. The largest absolute Gasteiger partial charge is 0.368 e. The molecule has 1 fully saturated rings. The Kier molecular flexibility index (Phi) is 6.28. The van der Waals surface area contributed by atoms with Crippen LogP contribution in [0.3, 0.4) is 0 Å². The second-order valence-corrected chi connectivity index (χ2v) is 7.18. The number of rotatable bonds is 6. The van der Waals surface area contributed by atoms with E-state index < -0.39 is 0 Å². The fraction of sp³-hybridized carbons (Fsp3) is 0.391. The first-order valence-electron chi connectivity index (χ1n) is 9.78. The van der Waals surface area contributed by atoms with Crippen LogP contribution in [0.4, 0.5) is 5.69 Å². The minimum absolute atomic E-state index is 0.0457. The van der Waals surface area contributed by atoms with Crippen molar-refractivity contribution in [1.82, 2.24) is 4.90 Å². The van der Waals surface area contributed by atoms with E-state index in [4.69, 9.17) is 0 Å². The van der Waals surface area contributed by atoms with Crippen molar-refractivity contribution >= 4 is 17.4 Å². The average molecular weight is 364 g/mol. The van der Waals surface area contributed by atoms with Gasteiger partial charge in [0.15, 0.2) is 5.78 Å². The van der Waals surface area contributed by atoms with Crippen LogP contribution in [0, 0.1) is 6.92 Å². The first kappa shape index (κ1) is 19.2. The Morgan fingerprint density at radius 3 is 2.26 bits per heavy atom. The van der Waals surface area contributed by atoms with E-state index >= 15 is 0 Å². The molecular weight excluding hydrogens is 336 g/mol. The molecule has 0 aliphatic carbocycles. The molecule has 0 aromatic heterocycles. The number of carbonyl (C=O) groups excluding carboxylic acids is 2. The molecule has 4 heteroatoms. The summed E-state index contributed by atoms with van der Waals surface area (Å²) in [6.07, 6.45) is 1.53. The van der Waals surface area contributed by atoms with Gasteiger partial charge in [0.2, 0.25) is 5.91 Å². The van der Waals surface area contributed by atoms with Gasteiger partial charge in [0.25, 0.3) is 0 Å². The molecule has 1 amide bonds. The van der Waals surface area contributed by atoms with E-state index in [-0.39, 0.29) is 18.1 Å². The van der Waals surface area contributed by atoms with E-state index in [1.165, 1.54) is 16.8 Å².